The molecule has 2 aliphatic rings. The molecular formula is C21H24Cl2N2OS. The molecule has 6 heteroatoms. The monoisotopic (exact) mass is 422 g/mol. The third-order valence-corrected chi connectivity index (χ3v) is 6.64. The number of halogens is 2. The van der Waals surface area contributed by atoms with Gasteiger partial charge in [-0.25, -0.2) is 0 Å². The molecule has 2 aliphatic heterocycles. The first-order valence-corrected chi connectivity index (χ1v) is 10.6. The maximum absolute atomic E-state index is 13.0. The predicted molar refractivity (Wildman–Crippen MR) is 115 cm³/mol. The van der Waals surface area contributed by atoms with Gasteiger partial charge in [-0.15, -0.1) is 24.2 Å². The van der Waals surface area contributed by atoms with Crippen LogP contribution in [0.5, 0.6) is 0 Å². The van der Waals surface area contributed by atoms with E-state index in [-0.39, 0.29) is 18.3 Å². The van der Waals surface area contributed by atoms with Crippen molar-refractivity contribution in [2.24, 2.45) is 0 Å². The highest BCUT2D eigenvalue weighted by molar-refractivity contribution is 7.98. The fraction of sp³-hybridized carbons (Fsp3) is 0.381. The average Bonchev–Trinajstić information content (AvgIpc) is 2.94. The van der Waals surface area contributed by atoms with Gasteiger partial charge < -0.3 is 10.2 Å². The van der Waals surface area contributed by atoms with Crippen LogP contribution in [0, 0.1) is 0 Å². The molecular weight excluding hydrogens is 399 g/mol. The fourth-order valence-electron chi connectivity index (χ4n) is 3.90. The standard InChI is InChI=1S/C21H23ClN2OS.ClH/c22-17-5-9-20(10-6-17)26-14-15-1-3-16(4-2-15)21(25)24-18-7-8-19(24)13-23-12-11-18;/h1-6,9-10,18-19,23H,7-8,11-14H2;1H. The van der Waals surface area contributed by atoms with E-state index in [2.05, 4.69) is 22.3 Å². The van der Waals surface area contributed by atoms with Crippen molar-refractivity contribution in [1.82, 2.24) is 10.2 Å². The summed E-state index contributed by atoms with van der Waals surface area (Å²) in [6.45, 7) is 1.95. The lowest BCUT2D eigenvalue weighted by Crippen LogP contribution is -2.42. The van der Waals surface area contributed by atoms with Crippen LogP contribution >= 0.6 is 35.8 Å². The molecule has 0 radical (unpaired) electrons. The highest BCUT2D eigenvalue weighted by Gasteiger charge is 2.38. The Kier molecular flexibility index (Phi) is 7.10. The van der Waals surface area contributed by atoms with Crippen LogP contribution in [0.15, 0.2) is 53.4 Å². The Hall–Kier alpha value is -1.20. The number of benzene rings is 2. The number of hydrogen-bond acceptors (Lipinski definition) is 3. The van der Waals surface area contributed by atoms with Crippen molar-refractivity contribution in [3.05, 3.63) is 64.7 Å². The van der Waals surface area contributed by atoms with Crippen molar-refractivity contribution < 1.29 is 4.79 Å². The first-order valence-electron chi connectivity index (χ1n) is 9.21. The molecule has 2 bridgehead atoms. The molecule has 0 aliphatic carbocycles. The molecule has 3 nitrogen and oxygen atoms in total. The van der Waals surface area contributed by atoms with Crippen LogP contribution in [0.4, 0.5) is 0 Å². The lowest BCUT2D eigenvalue weighted by molar-refractivity contribution is 0.0680. The Balaban J connectivity index is 0.00000210. The highest BCUT2D eigenvalue weighted by Crippen LogP contribution is 2.30. The largest absolute Gasteiger partial charge is 0.331 e. The van der Waals surface area contributed by atoms with Crippen LogP contribution in [0.25, 0.3) is 0 Å². The lowest BCUT2D eigenvalue weighted by Gasteiger charge is -2.28. The molecule has 2 aromatic carbocycles. The first kappa shape index (κ1) is 20.5. The number of nitrogens with one attached hydrogen (secondary N) is 1. The van der Waals surface area contributed by atoms with Crippen LogP contribution in [-0.4, -0.2) is 36.0 Å². The summed E-state index contributed by atoms with van der Waals surface area (Å²) < 4.78 is 0. The molecule has 27 heavy (non-hydrogen) atoms. The van der Waals surface area contributed by atoms with E-state index in [0.717, 1.165) is 48.7 Å². The van der Waals surface area contributed by atoms with Gasteiger partial charge in [-0.3, -0.25) is 4.79 Å². The minimum atomic E-state index is 0. The zero-order valence-corrected chi connectivity index (χ0v) is 17.5. The number of carbonyl (C=O) groups is 1. The van der Waals surface area contributed by atoms with E-state index >= 15 is 0 Å². The van der Waals surface area contributed by atoms with Gasteiger partial charge >= 0.3 is 0 Å². The van der Waals surface area contributed by atoms with Crippen LogP contribution in [0.3, 0.4) is 0 Å². The summed E-state index contributed by atoms with van der Waals surface area (Å²) in [6.07, 6.45) is 3.34. The Morgan fingerprint density at radius 1 is 1.04 bits per heavy atom. The Bertz CT molecular complexity index is 753. The molecule has 0 saturated carbocycles. The zero-order chi connectivity index (χ0) is 17.9. The van der Waals surface area contributed by atoms with E-state index in [1.165, 1.54) is 10.5 Å². The molecule has 0 aromatic heterocycles. The maximum atomic E-state index is 13.0. The first-order chi connectivity index (χ1) is 12.7. The number of thioether (sulfide) groups is 1. The normalized spacial score (nSPS) is 21.4. The Morgan fingerprint density at radius 3 is 2.48 bits per heavy atom. The third kappa shape index (κ3) is 4.80. The minimum Gasteiger partial charge on any atom is -0.331 e. The van der Waals surface area contributed by atoms with E-state index in [1.807, 2.05) is 36.4 Å². The van der Waals surface area contributed by atoms with Gasteiger partial charge in [-0.2, -0.15) is 0 Å². The molecule has 2 atom stereocenters. The van der Waals surface area contributed by atoms with Crippen LogP contribution in [0.2, 0.25) is 5.02 Å². The summed E-state index contributed by atoms with van der Waals surface area (Å²) in [5.41, 5.74) is 2.03. The van der Waals surface area contributed by atoms with E-state index in [4.69, 9.17) is 11.6 Å². The number of rotatable bonds is 4. The van der Waals surface area contributed by atoms with Gasteiger partial charge in [0.1, 0.15) is 0 Å². The SMILES string of the molecule is Cl.O=C(c1ccc(CSc2ccc(Cl)cc2)cc1)N1C2CCNCC1CC2. The minimum absolute atomic E-state index is 0. The Morgan fingerprint density at radius 2 is 1.74 bits per heavy atom. The summed E-state index contributed by atoms with van der Waals surface area (Å²) in [5.74, 6) is 1.08. The number of carbonyl (C=O) groups excluding carboxylic acids is 1. The van der Waals surface area contributed by atoms with Crippen LogP contribution < -0.4 is 5.32 Å². The summed E-state index contributed by atoms with van der Waals surface area (Å²) in [5, 5.41) is 4.21. The van der Waals surface area contributed by atoms with Gasteiger partial charge in [0.15, 0.2) is 0 Å². The molecule has 144 valence electrons. The van der Waals surface area contributed by atoms with Gasteiger partial charge in [-0.05, 0) is 67.8 Å². The second-order valence-electron chi connectivity index (χ2n) is 7.03. The quantitative estimate of drug-likeness (QED) is 0.701. The molecule has 1 amide bonds. The fourth-order valence-corrected chi connectivity index (χ4v) is 4.88. The summed E-state index contributed by atoms with van der Waals surface area (Å²) >= 11 is 7.70. The molecule has 2 fully saturated rings. The van der Waals surface area contributed by atoms with Crippen molar-refractivity contribution in [3.8, 4) is 0 Å². The molecule has 2 saturated heterocycles. The lowest BCUT2D eigenvalue weighted by atomic mass is 10.1. The predicted octanol–water partition coefficient (Wildman–Crippen LogP) is 5.02. The average molecular weight is 423 g/mol. The molecule has 2 heterocycles. The van der Waals surface area contributed by atoms with Gasteiger partial charge in [0.05, 0.1) is 0 Å². The summed E-state index contributed by atoms with van der Waals surface area (Å²) in [7, 11) is 0. The Labute approximate surface area is 176 Å². The van der Waals surface area contributed by atoms with E-state index in [9.17, 15) is 4.79 Å². The smallest absolute Gasteiger partial charge is 0.254 e. The number of nitrogens with zero attached hydrogens (tertiary/aromatic N) is 1. The van der Waals surface area contributed by atoms with Crippen molar-refractivity contribution in [3.63, 3.8) is 0 Å². The molecule has 2 unspecified atom stereocenters. The molecule has 2 aromatic rings. The second kappa shape index (κ2) is 9.33. The number of amides is 1. The van der Waals surface area contributed by atoms with Crippen LogP contribution in [-0.2, 0) is 5.75 Å². The maximum Gasteiger partial charge on any atom is 0.254 e. The number of fused-ring (bicyclic) bond motifs is 2. The van der Waals surface area contributed by atoms with Crippen molar-refractivity contribution in [2.45, 2.75) is 42.0 Å². The summed E-state index contributed by atoms with van der Waals surface area (Å²) in [6, 6.07) is 16.8. The topological polar surface area (TPSA) is 32.3 Å². The van der Waals surface area contributed by atoms with E-state index in [0.29, 0.717) is 12.1 Å². The highest BCUT2D eigenvalue weighted by atomic mass is 35.5. The third-order valence-electron chi connectivity index (χ3n) is 5.31. The zero-order valence-electron chi connectivity index (χ0n) is 15.1. The van der Waals surface area contributed by atoms with E-state index in [1.54, 1.807) is 11.8 Å². The van der Waals surface area contributed by atoms with Gasteiger partial charge in [0, 0.05) is 39.9 Å². The van der Waals surface area contributed by atoms with Gasteiger partial charge in [-0.1, -0.05) is 23.7 Å². The molecule has 0 spiro atoms. The van der Waals surface area contributed by atoms with E-state index < -0.39 is 0 Å². The molecule has 1 N–H and O–H groups in total. The van der Waals surface area contributed by atoms with Crippen molar-refractivity contribution in [1.29, 1.82) is 0 Å². The second-order valence-corrected chi connectivity index (χ2v) is 8.51. The van der Waals surface area contributed by atoms with Gasteiger partial charge in [0.25, 0.3) is 5.91 Å². The summed E-state index contributed by atoms with van der Waals surface area (Å²) in [4.78, 5) is 16.4. The molecule has 4 rings (SSSR count). The van der Waals surface area contributed by atoms with Gasteiger partial charge in [0.2, 0.25) is 0 Å². The van der Waals surface area contributed by atoms with Crippen molar-refractivity contribution in [2.75, 3.05) is 13.1 Å². The number of hydrogen-bond donors (Lipinski definition) is 1. The van der Waals surface area contributed by atoms with Crippen LogP contribution in [0.1, 0.15) is 35.2 Å². The van der Waals surface area contributed by atoms with Crippen molar-refractivity contribution >= 4 is 41.7 Å².